The smallest absolute Gasteiger partial charge is 0.310 e. The second-order valence-corrected chi connectivity index (χ2v) is 22.3. The molecule has 0 unspecified atom stereocenters. The molecule has 0 saturated heterocycles. The predicted molar refractivity (Wildman–Crippen MR) is 339 cm³/mol. The molecule has 1 aliphatic carbocycles. The van der Waals surface area contributed by atoms with Crippen LogP contribution in [0.15, 0.2) is 285 Å². The van der Waals surface area contributed by atoms with Crippen molar-refractivity contribution >= 4 is 55.9 Å². The van der Waals surface area contributed by atoms with Crippen molar-refractivity contribution in [1.29, 1.82) is 0 Å². The van der Waals surface area contributed by atoms with Crippen LogP contribution in [0, 0.1) is 0 Å². The van der Waals surface area contributed by atoms with E-state index in [1.807, 2.05) is 120 Å². The Bertz CT molecular complexity index is 4650. The summed E-state index contributed by atoms with van der Waals surface area (Å²) < 4.78 is 89.4. The second-order valence-electron chi connectivity index (χ2n) is 22.3. The average Bonchev–Trinajstić information content (AvgIpc) is 1.62. The van der Waals surface area contributed by atoms with Crippen LogP contribution in [-0.4, -0.2) is 4.57 Å². The number of anilines is 6. The number of hydrogen-bond donors (Lipinski definition) is 0. The largest absolute Gasteiger partial charge is 0.416 e. The first kappa shape index (κ1) is 53.6. The maximum atomic E-state index is 14.6. The van der Waals surface area contributed by atoms with Crippen molar-refractivity contribution in [2.24, 2.45) is 0 Å². The Morgan fingerprint density at radius 3 is 1.27 bits per heavy atom. The average molecular weight is 1130 g/mol. The van der Waals surface area contributed by atoms with Crippen LogP contribution >= 0.6 is 0 Å². The van der Waals surface area contributed by atoms with Crippen LogP contribution in [0.1, 0.15) is 36.1 Å². The summed E-state index contributed by atoms with van der Waals surface area (Å²) in [7, 11) is 0. The minimum absolute atomic E-state index is 0.517. The standard InChI is InChI=1S/C77H53F6N3/c1-75(2)66-31-19-18-30-62(66)72-70(85(60-40-36-57(37-41-60)77(81,82)83)68-45-33-55(51-22-10-4-11-23-51)47-65(68)53-26-14-6-15-27-53)49-71-73(74(72)75)63-43-42-61(48-69(63)86(71)58-28-16-7-17-29-58)84(59-38-34-56(35-39-59)76(78,79)80)67-44-32-54(50-20-8-3-9-21-50)46-64(67)52-24-12-5-13-25-52/h3-49H,1-2H3. The van der Waals surface area contributed by atoms with Crippen molar-refractivity contribution in [2.75, 3.05) is 9.80 Å². The van der Waals surface area contributed by atoms with Gasteiger partial charge in [0.15, 0.2) is 0 Å². The van der Waals surface area contributed by atoms with Crippen LogP contribution in [0.25, 0.3) is 83.1 Å². The van der Waals surface area contributed by atoms with E-state index in [0.717, 1.165) is 136 Å². The van der Waals surface area contributed by atoms with Crippen LogP contribution in [0.2, 0.25) is 0 Å². The normalized spacial score (nSPS) is 12.7. The van der Waals surface area contributed by atoms with Gasteiger partial charge in [-0.3, -0.25) is 0 Å². The highest BCUT2D eigenvalue weighted by Crippen LogP contribution is 2.60. The van der Waals surface area contributed by atoms with Crippen molar-refractivity contribution in [1.82, 2.24) is 4.57 Å². The Morgan fingerprint density at radius 2 is 0.767 bits per heavy atom. The maximum absolute atomic E-state index is 14.6. The maximum Gasteiger partial charge on any atom is 0.416 e. The van der Waals surface area contributed by atoms with Crippen LogP contribution in [-0.2, 0) is 17.8 Å². The summed E-state index contributed by atoms with van der Waals surface area (Å²) in [6.45, 7) is 4.48. The highest BCUT2D eigenvalue weighted by Gasteiger charge is 2.42. The molecule has 418 valence electrons. The molecular formula is C77H53F6N3. The van der Waals surface area contributed by atoms with E-state index >= 15 is 0 Å². The van der Waals surface area contributed by atoms with Crippen LogP contribution < -0.4 is 9.80 Å². The van der Waals surface area contributed by atoms with Crippen molar-refractivity contribution in [3.8, 4) is 61.3 Å². The van der Waals surface area contributed by atoms with Gasteiger partial charge in [0.05, 0.1) is 39.2 Å². The van der Waals surface area contributed by atoms with E-state index in [-0.39, 0.29) is 0 Å². The second kappa shape index (κ2) is 21.0. The summed E-state index contributed by atoms with van der Waals surface area (Å²) in [6.07, 6.45) is -9.14. The number of fused-ring (bicyclic) bond motifs is 7. The summed E-state index contributed by atoms with van der Waals surface area (Å²) in [5.41, 5.74) is 16.0. The van der Waals surface area contributed by atoms with Gasteiger partial charge < -0.3 is 14.4 Å². The van der Waals surface area contributed by atoms with Crippen LogP contribution in [0.5, 0.6) is 0 Å². The lowest BCUT2D eigenvalue weighted by Gasteiger charge is -2.32. The Morgan fingerprint density at radius 1 is 0.337 bits per heavy atom. The third kappa shape index (κ3) is 9.36. The number of nitrogens with zero attached hydrogens (tertiary/aromatic N) is 3. The number of rotatable bonds is 11. The minimum atomic E-state index is -4.58. The molecule has 0 bridgehead atoms. The zero-order valence-corrected chi connectivity index (χ0v) is 46.7. The molecule has 0 amide bonds. The molecule has 0 saturated carbocycles. The van der Waals surface area contributed by atoms with Crippen LogP contribution in [0.4, 0.5) is 60.5 Å². The summed E-state index contributed by atoms with van der Waals surface area (Å²) in [6, 6.07) is 90.6. The molecular weight excluding hydrogens is 1080 g/mol. The lowest BCUT2D eigenvalue weighted by molar-refractivity contribution is -0.138. The van der Waals surface area contributed by atoms with Gasteiger partial charge in [-0.1, -0.05) is 196 Å². The molecule has 0 spiro atoms. The van der Waals surface area contributed by atoms with Crippen molar-refractivity contribution in [3.63, 3.8) is 0 Å². The molecule has 9 heteroatoms. The summed E-state index contributed by atoms with van der Waals surface area (Å²) in [5.74, 6) is 0. The Kier molecular flexibility index (Phi) is 13.1. The van der Waals surface area contributed by atoms with Gasteiger partial charge in [-0.15, -0.1) is 0 Å². The van der Waals surface area contributed by atoms with Crippen molar-refractivity contribution < 1.29 is 26.3 Å². The van der Waals surface area contributed by atoms with Gasteiger partial charge in [-0.2, -0.15) is 26.3 Å². The van der Waals surface area contributed by atoms with Crippen LogP contribution in [0.3, 0.4) is 0 Å². The van der Waals surface area contributed by atoms with Crippen molar-refractivity contribution in [2.45, 2.75) is 31.6 Å². The van der Waals surface area contributed by atoms with E-state index in [4.69, 9.17) is 0 Å². The van der Waals surface area contributed by atoms with E-state index in [0.29, 0.717) is 17.1 Å². The third-order valence-electron chi connectivity index (χ3n) is 16.8. The zero-order chi connectivity index (χ0) is 58.9. The molecule has 3 nitrogen and oxygen atoms in total. The minimum Gasteiger partial charge on any atom is -0.310 e. The predicted octanol–water partition coefficient (Wildman–Crippen LogP) is 22.7. The van der Waals surface area contributed by atoms with Gasteiger partial charge >= 0.3 is 12.4 Å². The highest BCUT2D eigenvalue weighted by molar-refractivity contribution is 6.18. The van der Waals surface area contributed by atoms with Gasteiger partial charge in [0, 0.05) is 55.6 Å². The zero-order valence-electron chi connectivity index (χ0n) is 46.7. The topological polar surface area (TPSA) is 11.4 Å². The molecule has 1 aliphatic rings. The fraction of sp³-hybridized carbons (Fsp3) is 0.0649. The van der Waals surface area contributed by atoms with Gasteiger partial charge in [0.2, 0.25) is 0 Å². The van der Waals surface area contributed by atoms with Gasteiger partial charge in [-0.25, -0.2) is 0 Å². The van der Waals surface area contributed by atoms with Crippen molar-refractivity contribution in [3.05, 3.63) is 307 Å². The van der Waals surface area contributed by atoms with E-state index in [9.17, 15) is 26.3 Å². The Hall–Kier alpha value is -10.4. The molecule has 12 aromatic carbocycles. The monoisotopic (exact) mass is 1130 g/mol. The molecule has 0 N–H and O–H groups in total. The van der Waals surface area contributed by atoms with Gasteiger partial charge in [0.25, 0.3) is 0 Å². The number of aromatic nitrogens is 1. The van der Waals surface area contributed by atoms with Gasteiger partial charge in [-0.05, 0) is 153 Å². The number of hydrogen-bond acceptors (Lipinski definition) is 2. The SMILES string of the molecule is CC1(C)c2ccccc2-c2c(N(c3ccc(C(F)(F)F)cc3)c3ccc(-c4ccccc4)cc3-c3ccccc3)cc3c(c21)c1ccc(N(c2ccc(C(F)(F)F)cc2)c2ccc(-c4ccccc4)cc2-c2ccccc2)cc1n3-c1ccccc1. The first-order chi connectivity index (χ1) is 41.7. The third-order valence-corrected chi connectivity index (χ3v) is 16.8. The number of para-hydroxylation sites is 1. The number of benzene rings is 12. The summed E-state index contributed by atoms with van der Waals surface area (Å²) in [4.78, 5) is 4.17. The van der Waals surface area contributed by atoms with E-state index in [2.05, 4.69) is 145 Å². The van der Waals surface area contributed by atoms with E-state index in [1.165, 1.54) is 12.1 Å². The highest BCUT2D eigenvalue weighted by atomic mass is 19.4. The molecule has 1 heterocycles. The fourth-order valence-electron chi connectivity index (χ4n) is 12.8. The Balaban J connectivity index is 1.09. The first-order valence-electron chi connectivity index (χ1n) is 28.5. The molecule has 0 radical (unpaired) electrons. The van der Waals surface area contributed by atoms with E-state index in [1.54, 1.807) is 12.1 Å². The van der Waals surface area contributed by atoms with Gasteiger partial charge in [0.1, 0.15) is 0 Å². The number of halogens is 6. The molecule has 86 heavy (non-hydrogen) atoms. The molecule has 13 aromatic rings. The van der Waals surface area contributed by atoms with E-state index < -0.39 is 28.9 Å². The first-order valence-corrected chi connectivity index (χ1v) is 28.5. The molecule has 0 aliphatic heterocycles. The summed E-state index contributed by atoms with van der Waals surface area (Å²) in [5, 5.41) is 1.92. The lowest BCUT2D eigenvalue weighted by Crippen LogP contribution is -2.17. The Labute approximate surface area is 494 Å². The quantitative estimate of drug-likeness (QED) is 0.120. The lowest BCUT2D eigenvalue weighted by atomic mass is 9.80. The fourth-order valence-corrected chi connectivity index (χ4v) is 12.8. The molecule has 0 fully saturated rings. The molecule has 14 rings (SSSR count). The molecule has 1 aromatic heterocycles. The molecule has 0 atom stereocenters. The number of alkyl halides is 6. The summed E-state index contributed by atoms with van der Waals surface area (Å²) >= 11 is 0.